The fourth-order valence-electron chi connectivity index (χ4n) is 2.44. The Balaban J connectivity index is 2.26. The Bertz CT molecular complexity index is 247. The molecule has 1 saturated heterocycles. The van der Waals surface area contributed by atoms with E-state index >= 15 is 0 Å². The van der Waals surface area contributed by atoms with Crippen LogP contribution in [0.25, 0.3) is 0 Å². The van der Waals surface area contributed by atoms with Gasteiger partial charge < -0.3 is 16.4 Å². The van der Waals surface area contributed by atoms with Gasteiger partial charge in [0.15, 0.2) is 0 Å². The zero-order chi connectivity index (χ0) is 13.4. The Kier molecular flexibility index (Phi) is 7.23. The van der Waals surface area contributed by atoms with E-state index in [1.807, 2.05) is 6.92 Å². The third-order valence-electron chi connectivity index (χ3n) is 3.76. The maximum atomic E-state index is 11.2. The Morgan fingerprint density at radius 2 is 1.94 bits per heavy atom. The van der Waals surface area contributed by atoms with Crippen LogP contribution in [0.15, 0.2) is 0 Å². The van der Waals surface area contributed by atoms with Crippen LogP contribution in [-0.2, 0) is 4.79 Å². The van der Waals surface area contributed by atoms with E-state index in [4.69, 9.17) is 11.5 Å². The molecule has 18 heavy (non-hydrogen) atoms. The molecule has 1 atom stereocenters. The first-order valence-corrected chi connectivity index (χ1v) is 7.11. The molecule has 1 amide bonds. The highest BCUT2D eigenvalue weighted by molar-refractivity contribution is 5.79. The quantitative estimate of drug-likeness (QED) is 0.629. The largest absolute Gasteiger partial charge is 0.368 e. The Morgan fingerprint density at radius 3 is 2.61 bits per heavy atom. The van der Waals surface area contributed by atoms with E-state index < -0.39 is 0 Å². The van der Waals surface area contributed by atoms with Crippen molar-refractivity contribution in [2.45, 2.75) is 38.6 Å². The van der Waals surface area contributed by atoms with Gasteiger partial charge in [-0.1, -0.05) is 6.42 Å². The van der Waals surface area contributed by atoms with E-state index in [2.05, 4.69) is 9.80 Å². The predicted octanol–water partition coefficient (Wildman–Crippen LogP) is -0.00310. The van der Waals surface area contributed by atoms with Gasteiger partial charge in [0.2, 0.25) is 5.91 Å². The van der Waals surface area contributed by atoms with Gasteiger partial charge >= 0.3 is 0 Å². The third kappa shape index (κ3) is 5.33. The molecule has 0 saturated carbocycles. The van der Waals surface area contributed by atoms with Crippen LogP contribution in [0.3, 0.4) is 0 Å². The molecular formula is C13H28N4O. The SMILES string of the molecule is CC(C(N)=O)N1CCCN(CCCCCN)CC1. The minimum atomic E-state index is -0.216. The van der Waals surface area contributed by atoms with Gasteiger partial charge in [-0.2, -0.15) is 0 Å². The summed E-state index contributed by atoms with van der Waals surface area (Å²) in [7, 11) is 0. The summed E-state index contributed by atoms with van der Waals surface area (Å²) in [4.78, 5) is 15.9. The average molecular weight is 256 g/mol. The molecule has 0 bridgehead atoms. The number of hydrogen-bond acceptors (Lipinski definition) is 4. The fraction of sp³-hybridized carbons (Fsp3) is 0.923. The van der Waals surface area contributed by atoms with Crippen molar-refractivity contribution in [3.05, 3.63) is 0 Å². The van der Waals surface area contributed by atoms with E-state index in [1.54, 1.807) is 0 Å². The number of nitrogens with two attached hydrogens (primary N) is 2. The normalized spacial score (nSPS) is 20.6. The van der Waals surface area contributed by atoms with Crippen LogP contribution in [0.4, 0.5) is 0 Å². The van der Waals surface area contributed by atoms with E-state index in [-0.39, 0.29) is 11.9 Å². The molecule has 1 fully saturated rings. The van der Waals surface area contributed by atoms with Crippen molar-refractivity contribution < 1.29 is 4.79 Å². The van der Waals surface area contributed by atoms with E-state index in [0.717, 1.165) is 52.1 Å². The molecule has 5 heteroatoms. The lowest BCUT2D eigenvalue weighted by Crippen LogP contribution is -2.44. The van der Waals surface area contributed by atoms with Crippen LogP contribution < -0.4 is 11.5 Å². The first-order chi connectivity index (χ1) is 8.65. The van der Waals surface area contributed by atoms with Crippen LogP contribution in [0, 0.1) is 0 Å². The summed E-state index contributed by atoms with van der Waals surface area (Å²) in [6.45, 7) is 7.94. The second-order valence-electron chi connectivity index (χ2n) is 5.16. The molecule has 0 spiro atoms. The van der Waals surface area contributed by atoms with Gasteiger partial charge in [0.25, 0.3) is 0 Å². The molecule has 1 aliphatic rings. The molecule has 1 aliphatic heterocycles. The molecule has 1 rings (SSSR count). The summed E-state index contributed by atoms with van der Waals surface area (Å²) in [6.07, 6.45) is 4.68. The number of amides is 1. The van der Waals surface area contributed by atoms with Crippen LogP contribution in [0.5, 0.6) is 0 Å². The minimum absolute atomic E-state index is 0.137. The molecule has 0 aromatic carbocycles. The summed E-state index contributed by atoms with van der Waals surface area (Å²) in [6, 6.07) is -0.137. The molecule has 1 unspecified atom stereocenters. The highest BCUT2D eigenvalue weighted by Gasteiger charge is 2.21. The minimum Gasteiger partial charge on any atom is -0.368 e. The number of primary amides is 1. The first kappa shape index (κ1) is 15.4. The van der Waals surface area contributed by atoms with Crippen molar-refractivity contribution in [2.24, 2.45) is 11.5 Å². The molecular weight excluding hydrogens is 228 g/mol. The highest BCUT2D eigenvalue weighted by Crippen LogP contribution is 2.08. The van der Waals surface area contributed by atoms with Crippen LogP contribution >= 0.6 is 0 Å². The first-order valence-electron chi connectivity index (χ1n) is 7.11. The number of hydrogen-bond donors (Lipinski definition) is 2. The molecule has 1 heterocycles. The Labute approximate surface area is 110 Å². The van der Waals surface area contributed by atoms with Crippen molar-refractivity contribution in [3.63, 3.8) is 0 Å². The number of carbonyl (C=O) groups excluding carboxylic acids is 1. The van der Waals surface area contributed by atoms with Crippen LogP contribution in [0.1, 0.15) is 32.6 Å². The maximum absolute atomic E-state index is 11.2. The number of carbonyl (C=O) groups is 1. The monoisotopic (exact) mass is 256 g/mol. The molecule has 0 aliphatic carbocycles. The summed E-state index contributed by atoms with van der Waals surface area (Å²) in [5.74, 6) is -0.216. The van der Waals surface area contributed by atoms with Crippen molar-refractivity contribution in [2.75, 3.05) is 39.3 Å². The van der Waals surface area contributed by atoms with Gasteiger partial charge in [-0.05, 0) is 45.8 Å². The van der Waals surface area contributed by atoms with Gasteiger partial charge in [0, 0.05) is 19.6 Å². The summed E-state index contributed by atoms with van der Waals surface area (Å²) in [5.41, 5.74) is 10.8. The lowest BCUT2D eigenvalue weighted by molar-refractivity contribution is -0.122. The zero-order valence-electron chi connectivity index (χ0n) is 11.6. The van der Waals surface area contributed by atoms with Crippen molar-refractivity contribution >= 4 is 5.91 Å². The standard InChI is InChI=1S/C13H28N4O/c1-12(13(15)18)17-9-5-8-16(10-11-17)7-4-2-3-6-14/h12H,2-11,14H2,1H3,(H2,15,18). The van der Waals surface area contributed by atoms with Crippen molar-refractivity contribution in [1.82, 2.24) is 9.80 Å². The van der Waals surface area contributed by atoms with E-state index in [0.29, 0.717) is 0 Å². The number of rotatable bonds is 7. The van der Waals surface area contributed by atoms with Gasteiger partial charge in [-0.25, -0.2) is 0 Å². The van der Waals surface area contributed by atoms with Crippen LogP contribution in [-0.4, -0.2) is 61.0 Å². The van der Waals surface area contributed by atoms with E-state index in [1.165, 1.54) is 12.8 Å². The maximum Gasteiger partial charge on any atom is 0.234 e. The summed E-state index contributed by atoms with van der Waals surface area (Å²) in [5, 5.41) is 0. The molecule has 0 aromatic rings. The molecule has 5 nitrogen and oxygen atoms in total. The summed E-state index contributed by atoms with van der Waals surface area (Å²) >= 11 is 0. The topological polar surface area (TPSA) is 75.6 Å². The van der Waals surface area contributed by atoms with Crippen molar-refractivity contribution in [1.29, 1.82) is 0 Å². The lowest BCUT2D eigenvalue weighted by Gasteiger charge is -2.25. The molecule has 106 valence electrons. The predicted molar refractivity (Wildman–Crippen MR) is 74.2 cm³/mol. The second kappa shape index (κ2) is 8.45. The molecule has 0 aromatic heterocycles. The molecule has 0 radical (unpaired) electrons. The number of nitrogens with zero attached hydrogens (tertiary/aromatic N) is 2. The van der Waals surface area contributed by atoms with Crippen LogP contribution in [0.2, 0.25) is 0 Å². The Morgan fingerprint density at radius 1 is 1.17 bits per heavy atom. The fourth-order valence-corrected chi connectivity index (χ4v) is 2.44. The highest BCUT2D eigenvalue weighted by atomic mass is 16.1. The van der Waals surface area contributed by atoms with Gasteiger partial charge in [-0.3, -0.25) is 9.69 Å². The molecule has 4 N–H and O–H groups in total. The van der Waals surface area contributed by atoms with Gasteiger partial charge in [-0.15, -0.1) is 0 Å². The Hall–Kier alpha value is -0.650. The second-order valence-corrected chi connectivity index (χ2v) is 5.16. The number of unbranched alkanes of at least 4 members (excludes halogenated alkanes) is 2. The third-order valence-corrected chi connectivity index (χ3v) is 3.76. The average Bonchev–Trinajstić information content (AvgIpc) is 2.59. The smallest absolute Gasteiger partial charge is 0.234 e. The van der Waals surface area contributed by atoms with Gasteiger partial charge in [0.05, 0.1) is 6.04 Å². The summed E-state index contributed by atoms with van der Waals surface area (Å²) < 4.78 is 0. The lowest BCUT2D eigenvalue weighted by atomic mass is 10.2. The van der Waals surface area contributed by atoms with E-state index in [9.17, 15) is 4.79 Å². The van der Waals surface area contributed by atoms with Gasteiger partial charge in [0.1, 0.15) is 0 Å². The zero-order valence-corrected chi connectivity index (χ0v) is 11.6. The van der Waals surface area contributed by atoms with Crippen molar-refractivity contribution in [3.8, 4) is 0 Å².